The molecule has 27 heavy (non-hydrogen) atoms. The predicted octanol–water partition coefficient (Wildman–Crippen LogP) is 4.30. The summed E-state index contributed by atoms with van der Waals surface area (Å²) in [4.78, 5) is 25.8. The van der Waals surface area contributed by atoms with E-state index >= 15 is 0 Å². The number of nitrogens with one attached hydrogen (secondary N) is 1. The van der Waals surface area contributed by atoms with Crippen molar-refractivity contribution >= 4 is 23.6 Å². The molecule has 0 spiro atoms. The van der Waals surface area contributed by atoms with Crippen LogP contribution in [-0.4, -0.2) is 38.6 Å². The summed E-state index contributed by atoms with van der Waals surface area (Å²) in [5.74, 6) is 0.306. The highest BCUT2D eigenvalue weighted by Gasteiger charge is 2.18. The molecule has 0 aliphatic heterocycles. The molecule has 0 bridgehead atoms. The molecule has 0 saturated carbocycles. The van der Waals surface area contributed by atoms with Gasteiger partial charge in [0.05, 0.1) is 19.3 Å². The molecule has 1 N–H and O–H groups in total. The summed E-state index contributed by atoms with van der Waals surface area (Å²) < 4.78 is 15.6. The molecular formula is C20H24N2O5. The van der Waals surface area contributed by atoms with Gasteiger partial charge in [0.1, 0.15) is 5.75 Å². The highest BCUT2D eigenvalue weighted by molar-refractivity contribution is 5.89. The van der Waals surface area contributed by atoms with Crippen molar-refractivity contribution in [3.05, 3.63) is 54.6 Å². The quantitative estimate of drug-likeness (QED) is 0.784. The molecule has 0 fully saturated rings. The van der Waals surface area contributed by atoms with Crippen LogP contribution in [0.2, 0.25) is 0 Å². The topological polar surface area (TPSA) is 77.1 Å². The average molecular weight is 372 g/mol. The number of hydrogen-bond acceptors (Lipinski definition) is 5. The maximum Gasteiger partial charge on any atom is 0.419 e. The van der Waals surface area contributed by atoms with Gasteiger partial charge in [-0.15, -0.1) is 0 Å². The molecule has 0 aliphatic rings. The Labute approximate surface area is 158 Å². The van der Waals surface area contributed by atoms with E-state index < -0.39 is 12.2 Å². The van der Waals surface area contributed by atoms with Gasteiger partial charge < -0.3 is 14.2 Å². The summed E-state index contributed by atoms with van der Waals surface area (Å²) >= 11 is 0. The number of rotatable bonds is 7. The van der Waals surface area contributed by atoms with Gasteiger partial charge in [0.15, 0.2) is 0 Å². The number of ether oxygens (including phenoxy) is 3. The van der Waals surface area contributed by atoms with Crippen LogP contribution in [0.1, 0.15) is 13.8 Å². The minimum absolute atomic E-state index is 0.230. The zero-order valence-corrected chi connectivity index (χ0v) is 15.7. The van der Waals surface area contributed by atoms with E-state index in [1.807, 2.05) is 30.3 Å². The lowest BCUT2D eigenvalue weighted by Gasteiger charge is -2.22. The first kappa shape index (κ1) is 20.3. The molecule has 144 valence electrons. The van der Waals surface area contributed by atoms with Crippen molar-refractivity contribution in [1.82, 2.24) is 0 Å². The van der Waals surface area contributed by atoms with Crippen LogP contribution in [0, 0.1) is 0 Å². The number of carbonyl (C=O) groups excluding carboxylic acids is 2. The Bertz CT molecular complexity index is 749. The molecule has 7 heteroatoms. The normalized spacial score (nSPS) is 10.4. The molecule has 0 aliphatic carbocycles. The van der Waals surface area contributed by atoms with Crippen molar-refractivity contribution in [3.8, 4) is 5.75 Å². The molecule has 2 amide bonds. The minimum atomic E-state index is -0.570. The molecule has 0 radical (unpaired) electrons. The average Bonchev–Trinajstić information content (AvgIpc) is 2.62. The number of para-hydroxylation sites is 1. The van der Waals surface area contributed by atoms with E-state index in [9.17, 15) is 9.59 Å². The highest BCUT2D eigenvalue weighted by Crippen LogP contribution is 2.20. The van der Waals surface area contributed by atoms with Crippen LogP contribution in [0.3, 0.4) is 0 Å². The van der Waals surface area contributed by atoms with Crippen molar-refractivity contribution in [3.63, 3.8) is 0 Å². The number of amides is 2. The Morgan fingerprint density at radius 3 is 2.48 bits per heavy atom. The summed E-state index contributed by atoms with van der Waals surface area (Å²) in [7, 11) is 1.57. The summed E-state index contributed by atoms with van der Waals surface area (Å²) in [6, 6.07) is 15.7. The predicted molar refractivity (Wildman–Crippen MR) is 103 cm³/mol. The molecule has 0 heterocycles. The zero-order chi connectivity index (χ0) is 19.6. The summed E-state index contributed by atoms with van der Waals surface area (Å²) in [5.41, 5.74) is 1.17. The number of benzene rings is 2. The molecule has 7 nitrogen and oxygen atoms in total. The van der Waals surface area contributed by atoms with Crippen LogP contribution in [0.25, 0.3) is 0 Å². The Kier molecular flexibility index (Phi) is 7.63. The highest BCUT2D eigenvalue weighted by atomic mass is 16.6. The first-order valence-corrected chi connectivity index (χ1v) is 8.60. The first-order chi connectivity index (χ1) is 13.0. The van der Waals surface area contributed by atoms with E-state index in [-0.39, 0.29) is 6.10 Å². The fourth-order valence-corrected chi connectivity index (χ4v) is 2.27. The van der Waals surface area contributed by atoms with E-state index in [0.717, 1.165) is 0 Å². The smallest absolute Gasteiger partial charge is 0.419 e. The third kappa shape index (κ3) is 6.63. The second-order valence-electron chi connectivity index (χ2n) is 5.95. The Hall–Kier alpha value is -3.06. The van der Waals surface area contributed by atoms with E-state index in [1.165, 1.54) is 4.90 Å². The molecule has 2 aromatic carbocycles. The summed E-state index contributed by atoms with van der Waals surface area (Å²) in [6.45, 7) is 4.23. The number of methoxy groups -OCH3 is 1. The second kappa shape index (κ2) is 10.2. The van der Waals surface area contributed by atoms with Gasteiger partial charge >= 0.3 is 12.2 Å². The van der Waals surface area contributed by atoms with Gasteiger partial charge in [-0.2, -0.15) is 0 Å². The summed E-state index contributed by atoms with van der Waals surface area (Å²) in [5, 5.41) is 2.60. The van der Waals surface area contributed by atoms with Gasteiger partial charge in [0.25, 0.3) is 0 Å². The van der Waals surface area contributed by atoms with Crippen molar-refractivity contribution in [2.24, 2.45) is 0 Å². The van der Waals surface area contributed by atoms with Gasteiger partial charge in [-0.1, -0.05) is 24.3 Å². The van der Waals surface area contributed by atoms with E-state index in [0.29, 0.717) is 30.3 Å². The lowest BCUT2D eigenvalue weighted by molar-refractivity contribution is 0.130. The van der Waals surface area contributed by atoms with Gasteiger partial charge in [0.2, 0.25) is 0 Å². The lowest BCUT2D eigenvalue weighted by atomic mass is 10.3. The number of carbonyl (C=O) groups is 2. The third-order valence-electron chi connectivity index (χ3n) is 3.44. The second-order valence-corrected chi connectivity index (χ2v) is 5.95. The van der Waals surface area contributed by atoms with Crippen LogP contribution >= 0.6 is 0 Å². The van der Waals surface area contributed by atoms with E-state index in [1.54, 1.807) is 45.2 Å². The van der Waals surface area contributed by atoms with Gasteiger partial charge in [-0.25, -0.2) is 9.59 Å². The van der Waals surface area contributed by atoms with Crippen LogP contribution < -0.4 is 15.0 Å². The van der Waals surface area contributed by atoms with Gasteiger partial charge in [0, 0.05) is 24.6 Å². The number of anilines is 2. The SMILES string of the molecule is COCCN(C(=O)Oc1cccc(NC(=O)OC(C)C)c1)c1ccccc1. The van der Waals surface area contributed by atoms with Crippen molar-refractivity contribution < 1.29 is 23.8 Å². The van der Waals surface area contributed by atoms with Crippen LogP contribution in [-0.2, 0) is 9.47 Å². The molecule has 0 aromatic heterocycles. The standard InChI is InChI=1S/C20H24N2O5/c1-15(2)26-19(23)21-16-8-7-11-18(14-16)27-20(24)22(12-13-25-3)17-9-5-4-6-10-17/h4-11,14-15H,12-13H2,1-3H3,(H,21,23). The molecular weight excluding hydrogens is 348 g/mol. The number of nitrogens with zero attached hydrogens (tertiary/aromatic N) is 1. The zero-order valence-electron chi connectivity index (χ0n) is 15.7. The Balaban J connectivity index is 2.08. The van der Waals surface area contributed by atoms with E-state index in [4.69, 9.17) is 14.2 Å². The van der Waals surface area contributed by atoms with Crippen molar-refractivity contribution in [2.45, 2.75) is 20.0 Å². The van der Waals surface area contributed by atoms with Gasteiger partial charge in [-0.3, -0.25) is 10.2 Å². The Morgan fingerprint density at radius 2 is 1.81 bits per heavy atom. The molecule has 0 unspecified atom stereocenters. The summed E-state index contributed by atoms with van der Waals surface area (Å²) in [6.07, 6.45) is -1.34. The fraction of sp³-hybridized carbons (Fsp3) is 0.300. The van der Waals surface area contributed by atoms with Crippen LogP contribution in [0.4, 0.5) is 21.0 Å². The molecule has 2 aromatic rings. The third-order valence-corrected chi connectivity index (χ3v) is 3.44. The number of hydrogen-bond donors (Lipinski definition) is 1. The molecule has 2 rings (SSSR count). The van der Waals surface area contributed by atoms with Crippen molar-refractivity contribution in [2.75, 3.05) is 30.5 Å². The Morgan fingerprint density at radius 1 is 1.07 bits per heavy atom. The minimum Gasteiger partial charge on any atom is -0.447 e. The van der Waals surface area contributed by atoms with Crippen LogP contribution in [0.5, 0.6) is 5.75 Å². The van der Waals surface area contributed by atoms with Gasteiger partial charge in [-0.05, 0) is 38.1 Å². The monoisotopic (exact) mass is 372 g/mol. The fourth-order valence-electron chi connectivity index (χ4n) is 2.27. The largest absolute Gasteiger partial charge is 0.447 e. The first-order valence-electron chi connectivity index (χ1n) is 8.60. The maximum atomic E-state index is 12.6. The van der Waals surface area contributed by atoms with Crippen LogP contribution in [0.15, 0.2) is 54.6 Å². The lowest BCUT2D eigenvalue weighted by Crippen LogP contribution is -2.36. The van der Waals surface area contributed by atoms with Crippen molar-refractivity contribution in [1.29, 1.82) is 0 Å². The molecule has 0 saturated heterocycles. The van der Waals surface area contributed by atoms with E-state index in [2.05, 4.69) is 5.32 Å². The maximum absolute atomic E-state index is 12.6. The molecule has 0 atom stereocenters.